The summed E-state index contributed by atoms with van der Waals surface area (Å²) in [5, 5.41) is 3.06. The van der Waals surface area contributed by atoms with Crippen LogP contribution < -0.4 is 5.32 Å². The van der Waals surface area contributed by atoms with Gasteiger partial charge in [-0.25, -0.2) is 4.79 Å². The minimum Gasteiger partial charge on any atom is -0.383 e. The van der Waals surface area contributed by atoms with Crippen LogP contribution in [0.4, 0.5) is 4.79 Å². The fourth-order valence-electron chi connectivity index (χ4n) is 5.67. The summed E-state index contributed by atoms with van der Waals surface area (Å²) in [6.07, 6.45) is 2.56. The van der Waals surface area contributed by atoms with Crippen LogP contribution in [0.1, 0.15) is 18.4 Å². The molecule has 3 amide bonds. The summed E-state index contributed by atoms with van der Waals surface area (Å²) in [6.45, 7) is 5.42. The number of amides is 3. The number of benzene rings is 1. The Hall–Kier alpha value is -2.12. The maximum atomic E-state index is 12.9. The lowest BCUT2D eigenvalue weighted by atomic mass is 9.75. The van der Waals surface area contributed by atoms with Crippen molar-refractivity contribution >= 4 is 11.9 Å². The van der Waals surface area contributed by atoms with E-state index in [-0.39, 0.29) is 23.4 Å². The van der Waals surface area contributed by atoms with E-state index < -0.39 is 0 Å². The van der Waals surface area contributed by atoms with Crippen LogP contribution in [-0.4, -0.2) is 92.2 Å². The molecule has 0 aromatic heterocycles. The number of rotatable bonds is 6. The van der Waals surface area contributed by atoms with E-state index in [1.54, 1.807) is 7.11 Å². The molecule has 2 atom stereocenters. The molecule has 3 aliphatic heterocycles. The predicted molar refractivity (Wildman–Crippen MR) is 115 cm³/mol. The second-order valence-electron chi connectivity index (χ2n) is 8.92. The summed E-state index contributed by atoms with van der Waals surface area (Å²) in [5.41, 5.74) is 1.12. The Morgan fingerprint density at radius 2 is 1.93 bits per heavy atom. The molecule has 3 heterocycles. The Balaban J connectivity index is 1.31. The van der Waals surface area contributed by atoms with E-state index in [0.717, 1.165) is 38.9 Å². The number of urea groups is 1. The predicted octanol–water partition coefficient (Wildman–Crippen LogP) is 1.44. The first-order valence-corrected chi connectivity index (χ1v) is 11.1. The number of nitrogens with one attached hydrogen (secondary N) is 1. The average Bonchev–Trinajstić information content (AvgIpc) is 3.28. The summed E-state index contributed by atoms with van der Waals surface area (Å²) < 4.78 is 5.22. The number of hydrogen-bond acceptors (Lipinski definition) is 4. The van der Waals surface area contributed by atoms with Gasteiger partial charge in [-0.2, -0.15) is 0 Å². The van der Waals surface area contributed by atoms with Crippen LogP contribution in [0.25, 0.3) is 0 Å². The lowest BCUT2D eigenvalue weighted by Crippen LogP contribution is -2.57. The third kappa shape index (κ3) is 3.93. The number of carbonyl (C=O) groups is 2. The second kappa shape index (κ2) is 8.94. The fraction of sp³-hybridized carbons (Fsp3) is 0.652. The number of carbonyl (C=O) groups excluding carboxylic acids is 2. The zero-order chi connectivity index (χ0) is 21.1. The molecular weight excluding hydrogens is 380 g/mol. The van der Waals surface area contributed by atoms with Crippen molar-refractivity contribution in [2.75, 3.05) is 60.0 Å². The van der Waals surface area contributed by atoms with Crippen molar-refractivity contribution in [1.82, 2.24) is 20.0 Å². The summed E-state index contributed by atoms with van der Waals surface area (Å²) >= 11 is 0. The Morgan fingerprint density at radius 3 is 2.63 bits per heavy atom. The van der Waals surface area contributed by atoms with E-state index in [4.69, 9.17) is 4.74 Å². The van der Waals surface area contributed by atoms with Crippen molar-refractivity contribution in [2.24, 2.45) is 11.8 Å². The summed E-state index contributed by atoms with van der Waals surface area (Å²) in [7, 11) is 3.69. The molecule has 7 nitrogen and oxygen atoms in total. The molecule has 1 spiro atoms. The number of fused-ring (bicyclic) bond motifs is 2. The zero-order valence-corrected chi connectivity index (χ0v) is 18.2. The highest BCUT2D eigenvalue weighted by Gasteiger charge is 2.60. The summed E-state index contributed by atoms with van der Waals surface area (Å²) in [5.74, 6) is 0.730. The molecule has 0 aliphatic carbocycles. The number of nitrogens with zero attached hydrogens (tertiary/aromatic N) is 3. The molecule has 0 radical (unpaired) electrons. The first kappa shape index (κ1) is 21.1. The van der Waals surface area contributed by atoms with E-state index in [1.165, 1.54) is 5.56 Å². The van der Waals surface area contributed by atoms with Gasteiger partial charge >= 0.3 is 6.03 Å². The van der Waals surface area contributed by atoms with Crippen molar-refractivity contribution in [3.63, 3.8) is 0 Å². The van der Waals surface area contributed by atoms with Crippen molar-refractivity contribution < 1.29 is 14.3 Å². The van der Waals surface area contributed by atoms with Gasteiger partial charge in [-0.05, 0) is 24.8 Å². The van der Waals surface area contributed by atoms with Gasteiger partial charge in [0.05, 0.1) is 18.1 Å². The van der Waals surface area contributed by atoms with Gasteiger partial charge in [0.25, 0.3) is 0 Å². The molecule has 164 valence electrons. The lowest BCUT2D eigenvalue weighted by Gasteiger charge is -2.46. The molecule has 30 heavy (non-hydrogen) atoms. The summed E-state index contributed by atoms with van der Waals surface area (Å²) in [6, 6.07) is 10.2. The van der Waals surface area contributed by atoms with E-state index in [0.29, 0.717) is 32.2 Å². The number of methoxy groups -OCH3 is 1. The molecule has 1 N–H and O–H groups in total. The van der Waals surface area contributed by atoms with E-state index in [1.807, 2.05) is 35.0 Å². The Kier molecular flexibility index (Phi) is 6.29. The first-order valence-electron chi connectivity index (χ1n) is 11.1. The number of piperidine rings is 1. The third-order valence-corrected chi connectivity index (χ3v) is 7.46. The third-order valence-electron chi connectivity index (χ3n) is 7.46. The molecule has 7 heteroatoms. The molecule has 3 fully saturated rings. The highest BCUT2D eigenvalue weighted by atomic mass is 16.5. The molecule has 1 aromatic rings. The number of hydrogen-bond donors (Lipinski definition) is 1. The van der Waals surface area contributed by atoms with Gasteiger partial charge in [0.1, 0.15) is 0 Å². The van der Waals surface area contributed by atoms with Gasteiger partial charge in [0.2, 0.25) is 5.91 Å². The van der Waals surface area contributed by atoms with Gasteiger partial charge in [0, 0.05) is 59.3 Å². The van der Waals surface area contributed by atoms with E-state index >= 15 is 0 Å². The van der Waals surface area contributed by atoms with Crippen LogP contribution in [0.3, 0.4) is 0 Å². The van der Waals surface area contributed by atoms with Crippen LogP contribution >= 0.6 is 0 Å². The van der Waals surface area contributed by atoms with E-state index in [9.17, 15) is 9.59 Å². The van der Waals surface area contributed by atoms with Gasteiger partial charge in [-0.1, -0.05) is 30.3 Å². The van der Waals surface area contributed by atoms with Crippen molar-refractivity contribution in [3.05, 3.63) is 35.9 Å². The molecule has 0 saturated carbocycles. The molecular formula is C23H34N4O3. The number of ether oxygens (including phenoxy) is 1. The Morgan fingerprint density at radius 1 is 1.20 bits per heavy atom. The molecule has 3 saturated heterocycles. The minimum atomic E-state index is -0.107. The maximum Gasteiger partial charge on any atom is 0.317 e. The van der Waals surface area contributed by atoms with Crippen LogP contribution in [0.5, 0.6) is 0 Å². The van der Waals surface area contributed by atoms with Gasteiger partial charge in [0.15, 0.2) is 0 Å². The van der Waals surface area contributed by atoms with Gasteiger partial charge in [-0.15, -0.1) is 0 Å². The SMILES string of the molecule is COCCN1C[C@@H]2C(=O)N(C)C3(CCN(C(=O)NCCc4ccccc4)CC3)[C@@H]2C1. The van der Waals surface area contributed by atoms with Crippen LogP contribution in [0, 0.1) is 11.8 Å². The summed E-state index contributed by atoms with van der Waals surface area (Å²) in [4.78, 5) is 31.9. The molecule has 0 unspecified atom stereocenters. The van der Waals surface area contributed by atoms with Gasteiger partial charge < -0.3 is 19.9 Å². The molecule has 0 bridgehead atoms. The fourth-order valence-corrected chi connectivity index (χ4v) is 5.67. The monoisotopic (exact) mass is 414 g/mol. The molecule has 4 rings (SSSR count). The van der Waals surface area contributed by atoms with Crippen LogP contribution in [0.15, 0.2) is 30.3 Å². The van der Waals surface area contributed by atoms with Crippen LogP contribution in [0.2, 0.25) is 0 Å². The van der Waals surface area contributed by atoms with Crippen molar-refractivity contribution in [1.29, 1.82) is 0 Å². The lowest BCUT2D eigenvalue weighted by molar-refractivity contribution is -0.133. The zero-order valence-electron chi connectivity index (χ0n) is 18.2. The molecule has 1 aromatic carbocycles. The standard InChI is InChI=1S/C23H34N4O3/c1-25-21(28)19-16-26(14-15-30-2)17-20(19)23(25)9-12-27(13-10-23)22(29)24-11-8-18-6-4-3-5-7-18/h3-7,19-20H,8-17H2,1-2H3,(H,24,29)/t19-,20+/m0/s1. The first-order chi connectivity index (χ1) is 14.5. The average molecular weight is 415 g/mol. The van der Waals surface area contributed by atoms with Crippen molar-refractivity contribution in [3.8, 4) is 0 Å². The smallest absolute Gasteiger partial charge is 0.317 e. The van der Waals surface area contributed by atoms with Crippen LogP contribution in [-0.2, 0) is 16.0 Å². The second-order valence-corrected chi connectivity index (χ2v) is 8.92. The largest absolute Gasteiger partial charge is 0.383 e. The topological polar surface area (TPSA) is 65.1 Å². The van der Waals surface area contributed by atoms with Gasteiger partial charge in [-0.3, -0.25) is 9.69 Å². The normalized spacial score (nSPS) is 25.7. The highest BCUT2D eigenvalue weighted by Crippen LogP contribution is 2.48. The maximum absolute atomic E-state index is 12.9. The minimum absolute atomic E-state index is 0.0115. The Labute approximate surface area is 179 Å². The Bertz CT molecular complexity index is 748. The van der Waals surface area contributed by atoms with E-state index in [2.05, 4.69) is 22.3 Å². The number of likely N-dealkylation sites (tertiary alicyclic amines) is 3. The quantitative estimate of drug-likeness (QED) is 0.765. The van der Waals surface area contributed by atoms with Crippen molar-refractivity contribution in [2.45, 2.75) is 24.8 Å². The highest BCUT2D eigenvalue weighted by molar-refractivity contribution is 5.84. The molecule has 3 aliphatic rings.